The van der Waals surface area contributed by atoms with Gasteiger partial charge in [0.2, 0.25) is 6.23 Å². The second-order valence-electron chi connectivity index (χ2n) is 7.94. The van der Waals surface area contributed by atoms with Gasteiger partial charge in [0, 0.05) is 6.20 Å². The molecule has 0 saturated carbocycles. The summed E-state index contributed by atoms with van der Waals surface area (Å²) in [5.41, 5.74) is 4.38. The molecule has 3 N–H and O–H groups in total. The van der Waals surface area contributed by atoms with Crippen molar-refractivity contribution in [1.82, 2.24) is 14.6 Å². The number of hydrogen-bond donors (Lipinski definition) is 2. The van der Waals surface area contributed by atoms with E-state index >= 15 is 0 Å². The van der Waals surface area contributed by atoms with E-state index in [2.05, 4.69) is 10.1 Å². The molecule has 191 valence electrons. The van der Waals surface area contributed by atoms with Crippen LogP contribution in [0.25, 0.3) is 0 Å². The van der Waals surface area contributed by atoms with Crippen molar-refractivity contribution < 1.29 is 36.7 Å². The van der Waals surface area contributed by atoms with Crippen LogP contribution in [0.1, 0.15) is 27.0 Å². The number of carbonyl (C=O) groups excluding carboxylic acids is 1. The van der Waals surface area contributed by atoms with Gasteiger partial charge in [-0.15, -0.1) is 0 Å². The Kier molecular flexibility index (Phi) is 8.26. The Morgan fingerprint density at radius 3 is 2.60 bits per heavy atom. The van der Waals surface area contributed by atoms with Crippen LogP contribution in [-0.4, -0.2) is 46.3 Å². The molecule has 14 heteroatoms. The molecule has 11 nitrogen and oxygen atoms in total. The third-order valence-electron chi connectivity index (χ3n) is 4.58. The summed E-state index contributed by atoms with van der Waals surface area (Å²) in [7, 11) is -4.29. The molecule has 1 aromatic carbocycles. The van der Waals surface area contributed by atoms with Crippen LogP contribution < -0.4 is 21.0 Å². The standard InChI is InChI=1S/C21H26F2N4O7P/c1-13(2)32-18(28)14(3)26-35(30,34-15-7-5-4-6-8-15)31-12-16-11-21(22,23)19(33-16)27-10-9-17(24)25-20(27)29/h4-11,13-14,16,19H,12H2,1-3H3,(H,26,30)(H2,24,25,29)/t14-,16+,19+,35?/m0/s1. The molecule has 1 fully saturated rings. The van der Waals surface area contributed by atoms with Crippen LogP contribution in [0, 0.1) is 6.42 Å². The number of halogens is 2. The normalized spacial score (nSPS) is 21.9. The Bertz CT molecular complexity index is 1130. The fourth-order valence-corrected chi connectivity index (χ4v) is 4.58. The van der Waals surface area contributed by atoms with Crippen LogP contribution in [0.15, 0.2) is 47.4 Å². The zero-order valence-corrected chi connectivity index (χ0v) is 20.1. The number of para-hydroxylation sites is 1. The molecule has 1 aromatic heterocycles. The Morgan fingerprint density at radius 1 is 1.29 bits per heavy atom. The van der Waals surface area contributed by atoms with Crippen LogP contribution in [-0.2, 0) is 23.4 Å². The Labute approximate surface area is 200 Å². The molecule has 4 atom stereocenters. The zero-order valence-electron chi connectivity index (χ0n) is 19.2. The van der Waals surface area contributed by atoms with E-state index in [0.29, 0.717) is 11.0 Å². The van der Waals surface area contributed by atoms with E-state index in [1.807, 2.05) is 0 Å². The van der Waals surface area contributed by atoms with E-state index in [1.54, 1.807) is 32.0 Å². The fraction of sp³-hybridized carbons (Fsp3) is 0.429. The van der Waals surface area contributed by atoms with Gasteiger partial charge in [-0.1, -0.05) is 18.2 Å². The van der Waals surface area contributed by atoms with Crippen LogP contribution >= 0.6 is 7.75 Å². The van der Waals surface area contributed by atoms with Gasteiger partial charge in [-0.2, -0.15) is 10.1 Å². The number of nitrogens with zero attached hydrogens (tertiary/aromatic N) is 2. The number of anilines is 1. The number of aromatic nitrogens is 2. The van der Waals surface area contributed by atoms with Crippen LogP contribution in [0.4, 0.5) is 14.6 Å². The van der Waals surface area contributed by atoms with Gasteiger partial charge in [0.05, 0.1) is 25.2 Å². The average molecular weight is 515 g/mol. The number of alkyl halides is 2. The number of nitrogens with one attached hydrogen (secondary N) is 1. The molecule has 1 aliphatic rings. The number of carbonyl (C=O) groups is 1. The maximum Gasteiger partial charge on any atom is 0.459 e. The summed E-state index contributed by atoms with van der Waals surface area (Å²) >= 11 is 0. The molecule has 0 bridgehead atoms. The van der Waals surface area contributed by atoms with E-state index in [0.717, 1.165) is 6.20 Å². The van der Waals surface area contributed by atoms with Crippen LogP contribution in [0.2, 0.25) is 0 Å². The van der Waals surface area contributed by atoms with E-state index in [1.165, 1.54) is 25.1 Å². The van der Waals surface area contributed by atoms with Gasteiger partial charge < -0.3 is 19.7 Å². The number of hydrogen-bond acceptors (Lipinski definition) is 9. The van der Waals surface area contributed by atoms with Gasteiger partial charge in [0.15, 0.2) is 0 Å². The first-order valence-corrected chi connectivity index (χ1v) is 12.1. The van der Waals surface area contributed by atoms with Gasteiger partial charge in [0.1, 0.15) is 17.6 Å². The van der Waals surface area contributed by atoms with Crippen molar-refractivity contribution in [3.8, 4) is 5.75 Å². The molecule has 1 aliphatic heterocycles. The lowest BCUT2D eigenvalue weighted by Crippen LogP contribution is -2.36. The first-order valence-electron chi connectivity index (χ1n) is 10.6. The average Bonchev–Trinajstić information content (AvgIpc) is 3.06. The maximum atomic E-state index is 14.6. The van der Waals surface area contributed by atoms with E-state index in [-0.39, 0.29) is 11.6 Å². The first-order chi connectivity index (χ1) is 16.4. The highest BCUT2D eigenvalue weighted by molar-refractivity contribution is 7.52. The van der Waals surface area contributed by atoms with Crippen molar-refractivity contribution in [2.75, 3.05) is 12.3 Å². The highest BCUT2D eigenvalue weighted by Crippen LogP contribution is 2.47. The number of nitrogen functional groups attached to an aromatic ring is 1. The predicted octanol–water partition coefficient (Wildman–Crippen LogP) is 2.70. The lowest BCUT2D eigenvalue weighted by Gasteiger charge is -2.24. The van der Waals surface area contributed by atoms with Crippen LogP contribution in [0.3, 0.4) is 0 Å². The van der Waals surface area contributed by atoms with Gasteiger partial charge >= 0.3 is 19.4 Å². The molecule has 1 unspecified atom stereocenters. The molecule has 2 heterocycles. The lowest BCUT2D eigenvalue weighted by atomic mass is 10.2. The number of rotatable bonds is 10. The minimum atomic E-state index is -4.29. The quantitative estimate of drug-likeness (QED) is 0.358. The topological polar surface area (TPSA) is 144 Å². The molecule has 1 radical (unpaired) electrons. The summed E-state index contributed by atoms with van der Waals surface area (Å²) in [5, 5.41) is 2.45. The van der Waals surface area contributed by atoms with Crippen molar-refractivity contribution >= 4 is 19.5 Å². The van der Waals surface area contributed by atoms with Crippen molar-refractivity contribution in [2.24, 2.45) is 0 Å². The van der Waals surface area contributed by atoms with E-state index < -0.39 is 56.4 Å². The zero-order chi connectivity index (χ0) is 25.8. The summed E-state index contributed by atoms with van der Waals surface area (Å²) in [5.74, 6) is -4.29. The van der Waals surface area contributed by atoms with Crippen molar-refractivity contribution in [3.63, 3.8) is 0 Å². The monoisotopic (exact) mass is 515 g/mol. The molecular weight excluding hydrogens is 489 g/mol. The third kappa shape index (κ3) is 7.07. The minimum Gasteiger partial charge on any atom is -0.462 e. The predicted molar refractivity (Wildman–Crippen MR) is 121 cm³/mol. The molecule has 1 saturated heterocycles. The fourth-order valence-electron chi connectivity index (χ4n) is 3.07. The molecular formula is C21H26F2N4O7P. The van der Waals surface area contributed by atoms with Crippen molar-refractivity contribution in [3.05, 3.63) is 59.5 Å². The highest BCUT2D eigenvalue weighted by atomic mass is 31.2. The summed E-state index contributed by atoms with van der Waals surface area (Å²) in [4.78, 5) is 27.6. The summed E-state index contributed by atoms with van der Waals surface area (Å²) < 4.78 is 64.4. The van der Waals surface area contributed by atoms with Gasteiger partial charge in [-0.25, -0.2) is 18.1 Å². The second-order valence-corrected chi connectivity index (χ2v) is 9.64. The summed E-state index contributed by atoms with van der Waals surface area (Å²) in [6, 6.07) is 7.99. The second kappa shape index (κ2) is 10.8. The Balaban J connectivity index is 1.74. The summed E-state index contributed by atoms with van der Waals surface area (Å²) in [6.45, 7) is 4.03. The minimum absolute atomic E-state index is 0.133. The van der Waals surface area contributed by atoms with Gasteiger partial charge in [-0.05, 0) is 39.0 Å². The van der Waals surface area contributed by atoms with Gasteiger partial charge in [-0.3, -0.25) is 13.9 Å². The highest BCUT2D eigenvalue weighted by Gasteiger charge is 2.53. The molecule has 35 heavy (non-hydrogen) atoms. The molecule has 0 spiro atoms. The molecule has 2 aromatic rings. The maximum absolute atomic E-state index is 14.6. The Morgan fingerprint density at radius 2 is 1.97 bits per heavy atom. The summed E-state index contributed by atoms with van der Waals surface area (Å²) in [6.07, 6.45) is -2.27. The largest absolute Gasteiger partial charge is 0.462 e. The SMILES string of the molecule is CC(C)OC(=O)[C@H](C)NP(=O)(OC[C@H]1[CH]C(F)(F)[C@H](n2ccc(N)nc2=O)O1)Oc1ccccc1. The van der Waals surface area contributed by atoms with E-state index in [9.17, 15) is 22.9 Å². The lowest BCUT2D eigenvalue weighted by molar-refractivity contribution is -0.149. The number of esters is 1. The number of nitrogens with two attached hydrogens (primary N) is 1. The first kappa shape index (κ1) is 26.7. The van der Waals surface area contributed by atoms with Gasteiger partial charge in [0.25, 0.3) is 5.92 Å². The number of ether oxygens (including phenoxy) is 2. The molecule has 3 rings (SSSR count). The number of benzene rings is 1. The Hall–Kier alpha value is -2.86. The van der Waals surface area contributed by atoms with Crippen molar-refractivity contribution in [1.29, 1.82) is 0 Å². The van der Waals surface area contributed by atoms with Crippen molar-refractivity contribution in [2.45, 2.75) is 51.2 Å². The van der Waals surface area contributed by atoms with E-state index in [4.69, 9.17) is 24.3 Å². The molecule has 0 aliphatic carbocycles. The third-order valence-corrected chi connectivity index (χ3v) is 6.22. The molecule has 0 amide bonds. The van der Waals surface area contributed by atoms with Crippen LogP contribution in [0.5, 0.6) is 5.75 Å². The smallest absolute Gasteiger partial charge is 0.459 e.